The molecular formula is C8H19NO3. The van der Waals surface area contributed by atoms with Gasteiger partial charge in [0, 0.05) is 6.54 Å². The van der Waals surface area contributed by atoms with Crippen LogP contribution in [0.3, 0.4) is 0 Å². The molecule has 0 aliphatic rings. The molecule has 0 rings (SSSR count). The molecule has 0 saturated heterocycles. The smallest absolute Gasteiger partial charge is 0.0705 e. The predicted molar refractivity (Wildman–Crippen MR) is 46.7 cm³/mol. The molecule has 0 unspecified atom stereocenters. The van der Waals surface area contributed by atoms with Gasteiger partial charge in [-0.3, -0.25) is 0 Å². The van der Waals surface area contributed by atoms with Crippen molar-refractivity contribution in [2.45, 2.75) is 13.8 Å². The normalized spacial score (nSPS) is 11.0. The second kappa shape index (κ2) is 8.93. The Balaban J connectivity index is 2.82. The molecule has 2 N–H and O–H groups in total. The van der Waals surface area contributed by atoms with Crippen LogP contribution in [0.1, 0.15) is 13.8 Å². The Labute approximate surface area is 73.8 Å². The van der Waals surface area contributed by atoms with Gasteiger partial charge in [-0.25, -0.2) is 5.48 Å². The largest absolute Gasteiger partial charge is 0.394 e. The molecule has 0 aromatic rings. The molecule has 12 heavy (non-hydrogen) atoms. The van der Waals surface area contributed by atoms with Gasteiger partial charge in [-0.05, 0) is 5.92 Å². The Morgan fingerprint density at radius 2 is 2.08 bits per heavy atom. The Bertz CT molecular complexity index is 88.4. The Morgan fingerprint density at radius 3 is 2.67 bits per heavy atom. The van der Waals surface area contributed by atoms with E-state index in [-0.39, 0.29) is 6.61 Å². The fraction of sp³-hybridized carbons (Fsp3) is 1.00. The maximum atomic E-state index is 8.37. The molecule has 74 valence electrons. The number of nitrogens with one attached hydrogen (secondary N) is 1. The molecule has 0 aliphatic heterocycles. The number of hydrogen-bond donors (Lipinski definition) is 2. The molecule has 0 saturated carbocycles. The molecule has 0 aromatic heterocycles. The van der Waals surface area contributed by atoms with Crippen LogP contribution < -0.4 is 5.48 Å². The third-order valence-electron chi connectivity index (χ3n) is 1.10. The predicted octanol–water partition coefficient (Wildman–Crippen LogP) is 0.172. The van der Waals surface area contributed by atoms with E-state index in [2.05, 4.69) is 19.3 Å². The summed E-state index contributed by atoms with van der Waals surface area (Å²) in [5, 5.41) is 8.37. The Hall–Kier alpha value is -0.160. The second-order valence-corrected chi connectivity index (χ2v) is 2.94. The van der Waals surface area contributed by atoms with Gasteiger partial charge in [0.1, 0.15) is 0 Å². The van der Waals surface area contributed by atoms with Gasteiger partial charge < -0.3 is 14.7 Å². The lowest BCUT2D eigenvalue weighted by molar-refractivity contribution is 0.00328. The highest BCUT2D eigenvalue weighted by Crippen LogP contribution is 1.89. The third kappa shape index (κ3) is 9.84. The van der Waals surface area contributed by atoms with Crippen LogP contribution in [0, 0.1) is 5.92 Å². The van der Waals surface area contributed by atoms with E-state index in [0.29, 0.717) is 32.3 Å². The lowest BCUT2D eigenvalue weighted by atomic mass is 10.2. The zero-order valence-corrected chi connectivity index (χ0v) is 7.88. The Kier molecular flexibility index (Phi) is 8.81. The van der Waals surface area contributed by atoms with E-state index in [1.54, 1.807) is 0 Å². The molecule has 0 bridgehead atoms. The van der Waals surface area contributed by atoms with Crippen LogP contribution in [0.15, 0.2) is 0 Å². The van der Waals surface area contributed by atoms with Crippen molar-refractivity contribution >= 4 is 0 Å². The van der Waals surface area contributed by atoms with Crippen LogP contribution in [0.25, 0.3) is 0 Å². The van der Waals surface area contributed by atoms with E-state index in [1.807, 2.05) is 0 Å². The lowest BCUT2D eigenvalue weighted by Crippen LogP contribution is -2.22. The summed E-state index contributed by atoms with van der Waals surface area (Å²) in [7, 11) is 0. The monoisotopic (exact) mass is 177 g/mol. The first-order chi connectivity index (χ1) is 5.77. The average Bonchev–Trinajstić information content (AvgIpc) is 2.02. The number of rotatable bonds is 8. The zero-order chi connectivity index (χ0) is 9.23. The summed E-state index contributed by atoms with van der Waals surface area (Å²) in [5.41, 5.74) is 2.77. The average molecular weight is 177 g/mol. The number of hydrogen-bond acceptors (Lipinski definition) is 4. The summed E-state index contributed by atoms with van der Waals surface area (Å²) in [5.74, 6) is 0.538. The van der Waals surface area contributed by atoms with Gasteiger partial charge >= 0.3 is 0 Å². The van der Waals surface area contributed by atoms with Gasteiger partial charge in [0.15, 0.2) is 0 Å². The van der Waals surface area contributed by atoms with Crippen LogP contribution in [0.2, 0.25) is 0 Å². The van der Waals surface area contributed by atoms with E-state index in [4.69, 9.17) is 14.7 Å². The zero-order valence-electron chi connectivity index (χ0n) is 7.88. The van der Waals surface area contributed by atoms with Crippen LogP contribution in [0.5, 0.6) is 0 Å². The summed E-state index contributed by atoms with van der Waals surface area (Å²) in [4.78, 5) is 5.08. The van der Waals surface area contributed by atoms with Gasteiger partial charge in [0.05, 0.1) is 26.4 Å². The van der Waals surface area contributed by atoms with E-state index >= 15 is 0 Å². The van der Waals surface area contributed by atoms with Gasteiger partial charge in [0.25, 0.3) is 0 Å². The van der Waals surface area contributed by atoms with E-state index in [9.17, 15) is 0 Å². The highest BCUT2D eigenvalue weighted by molar-refractivity contribution is 4.38. The van der Waals surface area contributed by atoms with Gasteiger partial charge in [-0.15, -0.1) is 0 Å². The Morgan fingerprint density at radius 1 is 1.33 bits per heavy atom. The van der Waals surface area contributed by atoms with Crippen molar-refractivity contribution in [3.63, 3.8) is 0 Å². The van der Waals surface area contributed by atoms with Crippen LogP contribution in [0.4, 0.5) is 0 Å². The standard InChI is InChI=1S/C8H19NO3/c1-8(2)7-12-9-3-5-11-6-4-10/h8-10H,3-7H2,1-2H3. The molecule has 0 fully saturated rings. The fourth-order valence-corrected chi connectivity index (χ4v) is 0.578. The molecular weight excluding hydrogens is 158 g/mol. The maximum Gasteiger partial charge on any atom is 0.0705 e. The molecule has 0 aliphatic carbocycles. The van der Waals surface area contributed by atoms with Crippen LogP contribution >= 0.6 is 0 Å². The minimum atomic E-state index is 0.0762. The number of hydroxylamine groups is 1. The van der Waals surface area contributed by atoms with Gasteiger partial charge in [-0.2, -0.15) is 0 Å². The van der Waals surface area contributed by atoms with Crippen molar-refractivity contribution in [1.82, 2.24) is 5.48 Å². The van der Waals surface area contributed by atoms with Crippen molar-refractivity contribution in [3.05, 3.63) is 0 Å². The maximum absolute atomic E-state index is 8.37. The second-order valence-electron chi connectivity index (χ2n) is 2.94. The van der Waals surface area contributed by atoms with Crippen LogP contribution in [-0.4, -0.2) is 38.1 Å². The van der Waals surface area contributed by atoms with Crippen molar-refractivity contribution in [1.29, 1.82) is 0 Å². The fourth-order valence-electron chi connectivity index (χ4n) is 0.578. The molecule has 0 spiro atoms. The molecule has 4 nitrogen and oxygen atoms in total. The van der Waals surface area contributed by atoms with Gasteiger partial charge in [-0.1, -0.05) is 13.8 Å². The lowest BCUT2D eigenvalue weighted by Gasteiger charge is -2.07. The van der Waals surface area contributed by atoms with Crippen molar-refractivity contribution in [2.75, 3.05) is 33.0 Å². The third-order valence-corrected chi connectivity index (χ3v) is 1.10. The van der Waals surface area contributed by atoms with Crippen molar-refractivity contribution < 1.29 is 14.7 Å². The number of ether oxygens (including phenoxy) is 1. The summed E-state index contributed by atoms with van der Waals surface area (Å²) < 4.78 is 5.00. The highest BCUT2D eigenvalue weighted by atomic mass is 16.6. The number of aliphatic hydroxyl groups is 1. The van der Waals surface area contributed by atoms with Crippen LogP contribution in [-0.2, 0) is 9.57 Å². The molecule has 0 radical (unpaired) electrons. The highest BCUT2D eigenvalue weighted by Gasteiger charge is 1.92. The van der Waals surface area contributed by atoms with Gasteiger partial charge in [0.2, 0.25) is 0 Å². The minimum Gasteiger partial charge on any atom is -0.394 e. The molecule has 0 heterocycles. The minimum absolute atomic E-state index is 0.0762. The van der Waals surface area contributed by atoms with E-state index in [0.717, 1.165) is 0 Å². The molecule has 4 heteroatoms. The quantitative estimate of drug-likeness (QED) is 0.410. The summed E-state index contributed by atoms with van der Waals surface area (Å²) in [6, 6.07) is 0. The first-order valence-corrected chi connectivity index (χ1v) is 4.30. The summed E-state index contributed by atoms with van der Waals surface area (Å²) >= 11 is 0. The molecule has 0 atom stereocenters. The first kappa shape index (κ1) is 11.8. The topological polar surface area (TPSA) is 50.7 Å². The van der Waals surface area contributed by atoms with Crippen molar-refractivity contribution in [3.8, 4) is 0 Å². The summed E-state index contributed by atoms with van der Waals surface area (Å²) in [6.45, 7) is 6.58. The first-order valence-electron chi connectivity index (χ1n) is 4.30. The summed E-state index contributed by atoms with van der Waals surface area (Å²) in [6.07, 6.45) is 0. The molecule has 0 aromatic carbocycles. The number of aliphatic hydroxyl groups excluding tert-OH is 1. The van der Waals surface area contributed by atoms with Crippen molar-refractivity contribution in [2.24, 2.45) is 5.92 Å². The van der Waals surface area contributed by atoms with E-state index in [1.165, 1.54) is 0 Å². The van der Waals surface area contributed by atoms with E-state index < -0.39 is 0 Å². The molecule has 0 amide bonds. The SMILES string of the molecule is CC(C)CONCCOCCO.